The second-order valence-corrected chi connectivity index (χ2v) is 9.74. The first-order valence-corrected chi connectivity index (χ1v) is 12.7. The minimum absolute atomic E-state index is 0.900. The van der Waals surface area contributed by atoms with Gasteiger partial charge in [-0.25, -0.2) is 0 Å². The molecule has 0 radical (unpaired) electrons. The molecule has 8 aromatic rings. The molecule has 0 unspecified atom stereocenters. The lowest BCUT2D eigenvalue weighted by atomic mass is 9.87. The van der Waals surface area contributed by atoms with Crippen LogP contribution >= 0.6 is 0 Å². The summed E-state index contributed by atoms with van der Waals surface area (Å²) in [6.45, 7) is 0. The summed E-state index contributed by atoms with van der Waals surface area (Å²) in [4.78, 5) is 0. The Balaban J connectivity index is 1.36. The Morgan fingerprint density at radius 3 is 1.59 bits per heavy atom. The number of rotatable bonds is 3. The Kier molecular flexibility index (Phi) is 4.29. The van der Waals surface area contributed by atoms with Crippen molar-refractivity contribution in [3.63, 3.8) is 0 Å². The molecule has 0 fully saturated rings. The summed E-state index contributed by atoms with van der Waals surface area (Å²) < 4.78 is 6.18. The van der Waals surface area contributed by atoms with Crippen molar-refractivity contribution in [3.8, 4) is 33.6 Å². The van der Waals surface area contributed by atoms with Crippen molar-refractivity contribution in [1.82, 2.24) is 0 Å². The summed E-state index contributed by atoms with van der Waals surface area (Å²) in [6.07, 6.45) is 0. The Morgan fingerprint density at radius 1 is 0.378 bits per heavy atom. The van der Waals surface area contributed by atoms with Gasteiger partial charge in [-0.1, -0.05) is 115 Å². The highest BCUT2D eigenvalue weighted by molar-refractivity contribution is 6.27. The molecule has 8 rings (SSSR count). The van der Waals surface area contributed by atoms with E-state index in [1.54, 1.807) is 0 Å². The monoisotopic (exact) mass is 470 g/mol. The van der Waals surface area contributed by atoms with Gasteiger partial charge in [0.2, 0.25) is 0 Å². The first-order valence-electron chi connectivity index (χ1n) is 12.7. The summed E-state index contributed by atoms with van der Waals surface area (Å²) in [6, 6.07) is 47.8. The third-order valence-corrected chi connectivity index (χ3v) is 7.64. The fraction of sp³-hybridized carbons (Fsp3) is 0. The van der Waals surface area contributed by atoms with Gasteiger partial charge in [0, 0.05) is 10.9 Å². The van der Waals surface area contributed by atoms with Gasteiger partial charge in [0.15, 0.2) is 0 Å². The average molecular weight is 471 g/mol. The van der Waals surface area contributed by atoms with Crippen LogP contribution in [0.2, 0.25) is 0 Å². The quantitative estimate of drug-likeness (QED) is 0.234. The largest absolute Gasteiger partial charge is 0.456 e. The van der Waals surface area contributed by atoms with Crippen LogP contribution in [0.15, 0.2) is 138 Å². The van der Waals surface area contributed by atoms with Crippen molar-refractivity contribution in [2.24, 2.45) is 0 Å². The lowest BCUT2D eigenvalue weighted by molar-refractivity contribution is 0.631. The number of benzene rings is 7. The SMILES string of the molecule is c1ccc(-c2cc3cc(-c4ccc5ccc6c(-c7ccccc7)ccc7ccc4c5c76)ccc3o2)cc1. The van der Waals surface area contributed by atoms with Gasteiger partial charge < -0.3 is 4.42 Å². The fourth-order valence-electron chi connectivity index (χ4n) is 5.88. The first-order chi connectivity index (χ1) is 18.3. The Morgan fingerprint density at radius 2 is 0.946 bits per heavy atom. The van der Waals surface area contributed by atoms with Crippen LogP contribution in [-0.2, 0) is 0 Å². The van der Waals surface area contributed by atoms with Crippen molar-refractivity contribution in [1.29, 1.82) is 0 Å². The lowest BCUT2D eigenvalue weighted by Crippen LogP contribution is -1.89. The fourth-order valence-corrected chi connectivity index (χ4v) is 5.88. The van der Waals surface area contributed by atoms with E-state index in [-0.39, 0.29) is 0 Å². The zero-order valence-electron chi connectivity index (χ0n) is 20.1. The lowest BCUT2D eigenvalue weighted by Gasteiger charge is -2.16. The zero-order valence-corrected chi connectivity index (χ0v) is 20.1. The predicted molar refractivity (Wildman–Crippen MR) is 156 cm³/mol. The number of furan rings is 1. The molecule has 1 aromatic heterocycles. The van der Waals surface area contributed by atoms with Gasteiger partial charge in [-0.15, -0.1) is 0 Å². The molecular formula is C36H22O. The highest BCUT2D eigenvalue weighted by Crippen LogP contribution is 2.42. The maximum atomic E-state index is 6.18. The second kappa shape index (κ2) is 7.81. The highest BCUT2D eigenvalue weighted by Gasteiger charge is 2.15. The van der Waals surface area contributed by atoms with E-state index in [0.29, 0.717) is 0 Å². The molecule has 1 heteroatoms. The van der Waals surface area contributed by atoms with Crippen LogP contribution < -0.4 is 0 Å². The molecule has 37 heavy (non-hydrogen) atoms. The Bertz CT molecular complexity index is 2060. The molecule has 0 aliphatic rings. The smallest absolute Gasteiger partial charge is 0.135 e. The van der Waals surface area contributed by atoms with Gasteiger partial charge >= 0.3 is 0 Å². The van der Waals surface area contributed by atoms with Gasteiger partial charge in [-0.2, -0.15) is 0 Å². The molecule has 1 nitrogen and oxygen atoms in total. The standard InChI is InChI=1S/C36H22O/c1-3-7-23(8-4-1)29-16-11-25-14-19-32-30(17-12-26-13-18-31(29)35(25)36(26)32)27-15-20-33-28(21-27)22-34(37-33)24-9-5-2-6-10-24/h1-22H. The summed E-state index contributed by atoms with van der Waals surface area (Å²) >= 11 is 0. The number of hydrogen-bond acceptors (Lipinski definition) is 1. The summed E-state index contributed by atoms with van der Waals surface area (Å²) in [5.41, 5.74) is 6.98. The number of hydrogen-bond donors (Lipinski definition) is 0. The molecule has 0 N–H and O–H groups in total. The van der Waals surface area contributed by atoms with Crippen LogP contribution in [0.3, 0.4) is 0 Å². The molecule has 0 saturated heterocycles. The molecule has 0 aliphatic carbocycles. The topological polar surface area (TPSA) is 13.1 Å². The van der Waals surface area contributed by atoms with Crippen LogP contribution in [0.5, 0.6) is 0 Å². The number of fused-ring (bicyclic) bond motifs is 1. The van der Waals surface area contributed by atoms with E-state index in [4.69, 9.17) is 4.42 Å². The van der Waals surface area contributed by atoms with E-state index in [9.17, 15) is 0 Å². The van der Waals surface area contributed by atoms with Crippen LogP contribution in [0, 0.1) is 0 Å². The molecule has 0 saturated carbocycles. The zero-order chi connectivity index (χ0) is 24.3. The van der Waals surface area contributed by atoms with Gasteiger partial charge in [0.1, 0.15) is 11.3 Å². The highest BCUT2D eigenvalue weighted by atomic mass is 16.3. The molecule has 0 atom stereocenters. The molecule has 0 amide bonds. The Hall–Kier alpha value is -4.88. The van der Waals surface area contributed by atoms with Gasteiger partial charge in [0.05, 0.1) is 0 Å². The van der Waals surface area contributed by atoms with E-state index in [2.05, 4.69) is 115 Å². The van der Waals surface area contributed by atoms with Gasteiger partial charge in [-0.3, -0.25) is 0 Å². The average Bonchev–Trinajstić information content (AvgIpc) is 3.40. The van der Waals surface area contributed by atoms with Crippen LogP contribution in [0.1, 0.15) is 0 Å². The molecule has 172 valence electrons. The normalized spacial score (nSPS) is 11.8. The Labute approximate surface area is 214 Å². The van der Waals surface area contributed by atoms with Gasteiger partial charge in [0.25, 0.3) is 0 Å². The van der Waals surface area contributed by atoms with Crippen molar-refractivity contribution in [2.45, 2.75) is 0 Å². The first kappa shape index (κ1) is 20.3. The second-order valence-electron chi connectivity index (χ2n) is 9.74. The van der Waals surface area contributed by atoms with E-state index in [1.807, 2.05) is 18.2 Å². The minimum atomic E-state index is 0.900. The van der Waals surface area contributed by atoms with Crippen molar-refractivity contribution in [3.05, 3.63) is 133 Å². The van der Waals surface area contributed by atoms with Crippen LogP contribution in [-0.4, -0.2) is 0 Å². The van der Waals surface area contributed by atoms with Crippen LogP contribution in [0.25, 0.3) is 76.9 Å². The summed E-state index contributed by atoms with van der Waals surface area (Å²) in [7, 11) is 0. The minimum Gasteiger partial charge on any atom is -0.456 e. The van der Waals surface area contributed by atoms with E-state index in [1.165, 1.54) is 54.6 Å². The van der Waals surface area contributed by atoms with E-state index in [0.717, 1.165) is 22.3 Å². The van der Waals surface area contributed by atoms with Crippen molar-refractivity contribution in [2.75, 3.05) is 0 Å². The van der Waals surface area contributed by atoms with E-state index >= 15 is 0 Å². The maximum Gasteiger partial charge on any atom is 0.135 e. The van der Waals surface area contributed by atoms with Crippen molar-refractivity contribution < 1.29 is 4.42 Å². The predicted octanol–water partition coefficient (Wildman–Crippen LogP) is 10.3. The molecule has 1 heterocycles. The van der Waals surface area contributed by atoms with Gasteiger partial charge in [-0.05, 0) is 72.8 Å². The molecule has 0 bridgehead atoms. The third-order valence-electron chi connectivity index (χ3n) is 7.64. The van der Waals surface area contributed by atoms with Crippen molar-refractivity contribution >= 4 is 43.3 Å². The van der Waals surface area contributed by atoms with Crippen LogP contribution in [0.4, 0.5) is 0 Å². The molecule has 0 aliphatic heterocycles. The maximum absolute atomic E-state index is 6.18. The molecule has 7 aromatic carbocycles. The summed E-state index contributed by atoms with van der Waals surface area (Å²) in [5, 5.41) is 8.94. The third kappa shape index (κ3) is 3.11. The van der Waals surface area contributed by atoms with E-state index < -0.39 is 0 Å². The molecular weight excluding hydrogens is 448 g/mol. The summed E-state index contributed by atoms with van der Waals surface area (Å²) in [5.74, 6) is 0.900. The molecule has 0 spiro atoms.